The molecule has 3 N–H and O–H groups in total. The molecule has 2 aromatic carbocycles. The average Bonchev–Trinajstić information content (AvgIpc) is 2.40. The second-order valence-corrected chi connectivity index (χ2v) is 5.54. The van der Waals surface area contributed by atoms with Gasteiger partial charge in [0.2, 0.25) is 0 Å². The Bertz CT molecular complexity index is 604. The molecule has 1 unspecified atom stereocenters. The molecule has 0 saturated carbocycles. The minimum Gasteiger partial charge on any atom is -0.497 e. The number of hydrogen-bond acceptors (Lipinski definition) is 3. The van der Waals surface area contributed by atoms with Crippen molar-refractivity contribution in [3.63, 3.8) is 0 Å². The Labute approximate surface area is 130 Å². The number of ether oxygens (including phenoxy) is 1. The molecule has 6 heteroatoms. The normalized spacial score (nSPS) is 12.2. The van der Waals surface area contributed by atoms with Gasteiger partial charge in [-0.3, -0.25) is 5.84 Å². The molecule has 0 aliphatic heterocycles. The maximum absolute atomic E-state index is 14.1. The van der Waals surface area contributed by atoms with Crippen molar-refractivity contribution in [3.8, 4) is 5.75 Å². The van der Waals surface area contributed by atoms with Crippen LogP contribution in [0.1, 0.15) is 17.2 Å². The van der Waals surface area contributed by atoms with E-state index in [0.29, 0.717) is 16.3 Å². The highest BCUT2D eigenvalue weighted by Gasteiger charge is 2.18. The van der Waals surface area contributed by atoms with E-state index in [4.69, 9.17) is 22.2 Å². The van der Waals surface area contributed by atoms with Crippen molar-refractivity contribution in [2.45, 2.75) is 6.04 Å². The van der Waals surface area contributed by atoms with Gasteiger partial charge >= 0.3 is 0 Å². The number of hydrogen-bond donors (Lipinski definition) is 2. The summed E-state index contributed by atoms with van der Waals surface area (Å²) >= 11 is 9.37. The summed E-state index contributed by atoms with van der Waals surface area (Å²) in [5, 5.41) is 0.545. The molecule has 20 heavy (non-hydrogen) atoms. The second kappa shape index (κ2) is 6.54. The van der Waals surface area contributed by atoms with Crippen LogP contribution in [-0.2, 0) is 0 Å². The Balaban J connectivity index is 2.46. The fraction of sp³-hybridized carbons (Fsp3) is 0.143. The predicted molar refractivity (Wildman–Crippen MR) is 81.3 cm³/mol. The van der Waals surface area contributed by atoms with Gasteiger partial charge in [-0.1, -0.05) is 33.6 Å². The Morgan fingerprint density at radius 1 is 1.30 bits per heavy atom. The van der Waals surface area contributed by atoms with Crippen molar-refractivity contribution >= 4 is 27.5 Å². The van der Waals surface area contributed by atoms with Gasteiger partial charge in [0, 0.05) is 21.1 Å². The molecule has 1 atom stereocenters. The van der Waals surface area contributed by atoms with Gasteiger partial charge in [-0.25, -0.2) is 9.82 Å². The number of nitrogens with one attached hydrogen (secondary N) is 1. The molecule has 0 amide bonds. The van der Waals surface area contributed by atoms with Crippen molar-refractivity contribution in [3.05, 3.63) is 62.8 Å². The van der Waals surface area contributed by atoms with Gasteiger partial charge in [-0.05, 0) is 29.8 Å². The molecule has 0 aromatic heterocycles. The van der Waals surface area contributed by atoms with E-state index >= 15 is 0 Å². The highest BCUT2D eigenvalue weighted by molar-refractivity contribution is 9.10. The van der Waals surface area contributed by atoms with E-state index in [1.165, 1.54) is 13.2 Å². The summed E-state index contributed by atoms with van der Waals surface area (Å²) < 4.78 is 19.9. The third-order valence-electron chi connectivity index (χ3n) is 2.90. The molecule has 3 nitrogen and oxygen atoms in total. The van der Waals surface area contributed by atoms with Crippen molar-refractivity contribution in [1.82, 2.24) is 5.43 Å². The Hall–Kier alpha value is -1.14. The highest BCUT2D eigenvalue weighted by atomic mass is 79.9. The number of benzene rings is 2. The number of methoxy groups -OCH3 is 1. The van der Waals surface area contributed by atoms with E-state index in [1.54, 1.807) is 24.3 Å². The predicted octanol–water partition coefficient (Wildman–Crippen LogP) is 3.80. The highest BCUT2D eigenvalue weighted by Crippen LogP contribution is 2.30. The minimum absolute atomic E-state index is 0.400. The largest absolute Gasteiger partial charge is 0.497 e. The van der Waals surface area contributed by atoms with Crippen molar-refractivity contribution in [1.29, 1.82) is 0 Å². The lowest BCUT2D eigenvalue weighted by atomic mass is 9.98. The van der Waals surface area contributed by atoms with Crippen LogP contribution in [0.15, 0.2) is 40.9 Å². The smallest absolute Gasteiger partial charge is 0.132 e. The molecule has 106 valence electrons. The summed E-state index contributed by atoms with van der Waals surface area (Å²) in [5.74, 6) is 5.62. The molecule has 2 aromatic rings. The third kappa shape index (κ3) is 3.30. The Kier molecular flexibility index (Phi) is 4.99. The summed E-state index contributed by atoms with van der Waals surface area (Å²) in [7, 11) is 1.49. The quantitative estimate of drug-likeness (QED) is 0.645. The van der Waals surface area contributed by atoms with Gasteiger partial charge in [-0.2, -0.15) is 0 Å². The molecule has 0 spiro atoms. The molecule has 0 radical (unpaired) electrons. The van der Waals surface area contributed by atoms with Crippen LogP contribution in [0.2, 0.25) is 5.02 Å². The van der Waals surface area contributed by atoms with Gasteiger partial charge in [0.15, 0.2) is 0 Å². The number of rotatable bonds is 4. The molecule has 0 aliphatic rings. The van der Waals surface area contributed by atoms with Crippen LogP contribution in [0.5, 0.6) is 5.75 Å². The van der Waals surface area contributed by atoms with Gasteiger partial charge in [0.05, 0.1) is 13.2 Å². The Morgan fingerprint density at radius 2 is 2.05 bits per heavy atom. The lowest BCUT2D eigenvalue weighted by Crippen LogP contribution is -2.29. The molecular formula is C14H13BrClFN2O. The van der Waals surface area contributed by atoms with Gasteiger partial charge in [0.25, 0.3) is 0 Å². The van der Waals surface area contributed by atoms with Crippen LogP contribution in [0.4, 0.5) is 4.39 Å². The van der Waals surface area contributed by atoms with Crippen LogP contribution in [-0.4, -0.2) is 7.11 Å². The van der Waals surface area contributed by atoms with Crippen LogP contribution in [0, 0.1) is 5.82 Å². The lowest BCUT2D eigenvalue weighted by molar-refractivity contribution is 0.410. The van der Waals surface area contributed by atoms with Crippen molar-refractivity contribution < 1.29 is 9.13 Å². The second-order valence-electron chi connectivity index (χ2n) is 4.19. The van der Waals surface area contributed by atoms with E-state index in [9.17, 15) is 4.39 Å². The van der Waals surface area contributed by atoms with Crippen molar-refractivity contribution in [2.24, 2.45) is 5.84 Å². The first-order valence-electron chi connectivity index (χ1n) is 5.80. The zero-order valence-electron chi connectivity index (χ0n) is 10.7. The summed E-state index contributed by atoms with van der Waals surface area (Å²) in [5.41, 5.74) is 3.79. The summed E-state index contributed by atoms with van der Waals surface area (Å²) in [4.78, 5) is 0. The summed E-state index contributed by atoms with van der Waals surface area (Å²) in [6.45, 7) is 0. The maximum atomic E-state index is 14.1. The van der Waals surface area contributed by atoms with Gasteiger partial charge < -0.3 is 4.74 Å². The first kappa shape index (κ1) is 15.3. The molecular weight excluding hydrogens is 347 g/mol. The van der Waals surface area contributed by atoms with Crippen LogP contribution >= 0.6 is 27.5 Å². The maximum Gasteiger partial charge on any atom is 0.132 e. The molecule has 0 saturated heterocycles. The number of halogens is 3. The lowest BCUT2D eigenvalue weighted by Gasteiger charge is -2.18. The summed E-state index contributed by atoms with van der Waals surface area (Å²) in [6.07, 6.45) is 0. The van der Waals surface area contributed by atoms with Gasteiger partial charge in [-0.15, -0.1) is 0 Å². The first-order valence-corrected chi connectivity index (χ1v) is 6.98. The van der Waals surface area contributed by atoms with Crippen LogP contribution < -0.4 is 16.0 Å². The van der Waals surface area contributed by atoms with E-state index in [2.05, 4.69) is 21.4 Å². The molecule has 0 heterocycles. The van der Waals surface area contributed by atoms with Gasteiger partial charge in [0.1, 0.15) is 11.6 Å². The molecule has 0 fully saturated rings. The van der Waals surface area contributed by atoms with E-state index in [-0.39, 0.29) is 0 Å². The van der Waals surface area contributed by atoms with E-state index < -0.39 is 11.9 Å². The van der Waals surface area contributed by atoms with E-state index in [1.807, 2.05) is 6.07 Å². The van der Waals surface area contributed by atoms with Crippen LogP contribution in [0.25, 0.3) is 0 Å². The van der Waals surface area contributed by atoms with Crippen molar-refractivity contribution in [2.75, 3.05) is 7.11 Å². The standard InChI is InChI=1S/C14H13BrClFN2O/c1-20-11-2-3-12(13(17)7-11)14(19-18)8-4-9(15)6-10(16)5-8/h2-7,14,19H,18H2,1H3. The van der Waals surface area contributed by atoms with E-state index in [0.717, 1.165) is 10.0 Å². The average molecular weight is 360 g/mol. The number of hydrazine groups is 1. The third-order valence-corrected chi connectivity index (χ3v) is 3.58. The fourth-order valence-corrected chi connectivity index (χ4v) is 2.86. The monoisotopic (exact) mass is 358 g/mol. The van der Waals surface area contributed by atoms with Crippen LogP contribution in [0.3, 0.4) is 0 Å². The topological polar surface area (TPSA) is 47.3 Å². The molecule has 2 rings (SSSR count). The SMILES string of the molecule is COc1ccc(C(NN)c2cc(Cl)cc(Br)c2)c(F)c1. The minimum atomic E-state index is -0.504. The molecule has 0 bridgehead atoms. The summed E-state index contributed by atoms with van der Waals surface area (Å²) in [6, 6.07) is 9.45. The molecule has 0 aliphatic carbocycles. The zero-order valence-corrected chi connectivity index (χ0v) is 13.0. The Morgan fingerprint density at radius 3 is 2.60 bits per heavy atom. The first-order chi connectivity index (χ1) is 9.55. The fourth-order valence-electron chi connectivity index (χ4n) is 1.98. The number of nitrogens with two attached hydrogens (primary N) is 1. The zero-order chi connectivity index (χ0) is 14.7.